The summed E-state index contributed by atoms with van der Waals surface area (Å²) in [5, 5.41) is 11.2. The fourth-order valence-electron chi connectivity index (χ4n) is 7.72. The number of hydrogen-bond donors (Lipinski definition) is 1. The molecule has 4 saturated carbocycles. The van der Waals surface area contributed by atoms with Gasteiger partial charge in [0, 0.05) is 17.8 Å². The van der Waals surface area contributed by atoms with E-state index in [9.17, 15) is 14.7 Å². The van der Waals surface area contributed by atoms with Crippen LogP contribution in [0.2, 0.25) is 0 Å². The van der Waals surface area contributed by atoms with Crippen LogP contribution in [-0.2, 0) is 9.59 Å². The number of ketones is 2. The highest BCUT2D eigenvalue weighted by atomic mass is 79.9. The number of rotatable bonds is 1. The van der Waals surface area contributed by atoms with Crippen LogP contribution in [0.1, 0.15) is 65.7 Å². The normalized spacial score (nSPS) is 55.2. The summed E-state index contributed by atoms with van der Waals surface area (Å²) in [5.74, 6) is 2.59. The summed E-state index contributed by atoms with van der Waals surface area (Å²) < 4.78 is 0. The molecule has 0 aromatic carbocycles. The van der Waals surface area contributed by atoms with E-state index in [-0.39, 0.29) is 27.4 Å². The van der Waals surface area contributed by atoms with Crippen LogP contribution in [0.4, 0.5) is 0 Å². The molecule has 0 aliphatic heterocycles. The lowest BCUT2D eigenvalue weighted by Crippen LogP contribution is -2.60. The zero-order valence-electron chi connectivity index (χ0n) is 15.6. The van der Waals surface area contributed by atoms with E-state index < -0.39 is 6.10 Å². The van der Waals surface area contributed by atoms with Gasteiger partial charge in [0.2, 0.25) is 0 Å². The molecule has 4 heteroatoms. The van der Waals surface area contributed by atoms with Crippen LogP contribution in [0.3, 0.4) is 0 Å². The van der Waals surface area contributed by atoms with Gasteiger partial charge in [-0.25, -0.2) is 0 Å². The van der Waals surface area contributed by atoms with Gasteiger partial charge < -0.3 is 5.11 Å². The molecule has 0 bridgehead atoms. The average molecular weight is 411 g/mol. The summed E-state index contributed by atoms with van der Waals surface area (Å²) in [6.07, 6.45) is 6.32. The number of hydrogen-bond acceptors (Lipinski definition) is 3. The molecular weight excluding hydrogens is 380 g/mol. The van der Waals surface area contributed by atoms with Gasteiger partial charge in [-0.3, -0.25) is 9.59 Å². The Hall–Kier alpha value is -0.220. The van der Waals surface area contributed by atoms with Gasteiger partial charge in [-0.15, -0.1) is 0 Å². The van der Waals surface area contributed by atoms with Crippen molar-refractivity contribution in [1.82, 2.24) is 0 Å². The van der Waals surface area contributed by atoms with Crippen molar-refractivity contribution in [1.29, 1.82) is 0 Å². The summed E-state index contributed by atoms with van der Waals surface area (Å²) in [4.78, 5) is 24.5. The maximum absolute atomic E-state index is 12.2. The molecule has 140 valence electrons. The third-order valence-corrected chi connectivity index (χ3v) is 10.3. The Morgan fingerprint density at radius 3 is 2.48 bits per heavy atom. The zero-order valence-corrected chi connectivity index (χ0v) is 17.2. The van der Waals surface area contributed by atoms with Crippen molar-refractivity contribution in [2.45, 2.75) is 76.6 Å². The standard InChI is InChI=1S/C21H31BrO3/c1-11(23)13-6-7-14-12-4-5-15-19(22)17(24)8-9-20(15,2)16(12)10-18(25)21(13,14)3/h12-16,18-19,25H,4-10H2,1-3H3/t12?,13-,14?,15-,16?,18+,19-,20+,21-/m1/s1. The topological polar surface area (TPSA) is 54.4 Å². The fourth-order valence-corrected chi connectivity index (χ4v) is 8.81. The molecule has 3 nitrogen and oxygen atoms in total. The smallest absolute Gasteiger partial charge is 0.146 e. The van der Waals surface area contributed by atoms with Crippen LogP contribution in [0.15, 0.2) is 0 Å². The molecule has 0 saturated heterocycles. The first-order chi connectivity index (χ1) is 11.7. The second kappa shape index (κ2) is 5.89. The second-order valence-electron chi connectivity index (χ2n) is 9.79. The van der Waals surface area contributed by atoms with Gasteiger partial charge in [-0.05, 0) is 74.5 Å². The lowest BCUT2D eigenvalue weighted by Gasteiger charge is -2.62. The van der Waals surface area contributed by atoms with E-state index in [1.165, 1.54) is 0 Å². The third kappa shape index (κ3) is 2.32. The summed E-state index contributed by atoms with van der Waals surface area (Å²) >= 11 is 3.70. The molecule has 0 amide bonds. The lowest BCUT2D eigenvalue weighted by molar-refractivity contribution is -0.169. The highest BCUT2D eigenvalue weighted by Crippen LogP contribution is 2.67. The summed E-state index contributed by atoms with van der Waals surface area (Å²) in [5.41, 5.74) is -0.101. The number of halogens is 1. The van der Waals surface area contributed by atoms with Crippen LogP contribution in [0, 0.1) is 40.4 Å². The van der Waals surface area contributed by atoms with Crippen LogP contribution in [-0.4, -0.2) is 27.6 Å². The van der Waals surface area contributed by atoms with Gasteiger partial charge in [0.1, 0.15) is 11.6 Å². The number of alkyl halides is 1. The van der Waals surface area contributed by atoms with Crippen molar-refractivity contribution in [2.24, 2.45) is 40.4 Å². The molecule has 4 fully saturated rings. The molecule has 0 aromatic rings. The van der Waals surface area contributed by atoms with Gasteiger partial charge in [0.25, 0.3) is 0 Å². The Morgan fingerprint density at radius 2 is 1.80 bits per heavy atom. The Kier molecular flexibility index (Phi) is 4.28. The number of fused-ring (bicyclic) bond motifs is 5. The Morgan fingerprint density at radius 1 is 1.12 bits per heavy atom. The van der Waals surface area contributed by atoms with E-state index in [0.717, 1.165) is 38.5 Å². The molecule has 0 aromatic heterocycles. The minimum atomic E-state index is -0.392. The maximum Gasteiger partial charge on any atom is 0.146 e. The van der Waals surface area contributed by atoms with Crippen LogP contribution in [0.5, 0.6) is 0 Å². The van der Waals surface area contributed by atoms with Gasteiger partial charge in [-0.1, -0.05) is 29.8 Å². The molecular formula is C21H31BrO3. The van der Waals surface area contributed by atoms with Gasteiger partial charge in [-0.2, -0.15) is 0 Å². The Balaban J connectivity index is 1.69. The fraction of sp³-hybridized carbons (Fsp3) is 0.905. The summed E-state index contributed by atoms with van der Waals surface area (Å²) in [6, 6.07) is 0. The van der Waals surface area contributed by atoms with Crippen LogP contribution >= 0.6 is 15.9 Å². The van der Waals surface area contributed by atoms with Crippen molar-refractivity contribution >= 4 is 27.5 Å². The molecule has 0 radical (unpaired) electrons. The van der Waals surface area contributed by atoms with Gasteiger partial charge in [0.15, 0.2) is 0 Å². The van der Waals surface area contributed by atoms with Crippen LogP contribution < -0.4 is 0 Å². The SMILES string of the molecule is CC(=O)[C@H]1CCC2C3CC[C@@H]4[C@@H](Br)C(=O)CC[C@]4(C)C3C[C@H](O)[C@@]21C. The highest BCUT2D eigenvalue weighted by Gasteiger charge is 2.64. The number of carbonyl (C=O) groups excluding carboxylic acids is 2. The number of aliphatic hydroxyl groups is 1. The van der Waals surface area contributed by atoms with Crippen LogP contribution in [0.25, 0.3) is 0 Å². The third-order valence-electron chi connectivity index (χ3n) is 9.11. The molecule has 0 heterocycles. The number of Topliss-reactive ketones (excluding diaryl/α,β-unsaturated/α-hetero) is 2. The second-order valence-corrected chi connectivity index (χ2v) is 10.8. The van der Waals surface area contributed by atoms with E-state index in [1.54, 1.807) is 6.92 Å². The minimum Gasteiger partial charge on any atom is -0.393 e. The molecule has 4 aliphatic carbocycles. The van der Waals surface area contributed by atoms with E-state index in [4.69, 9.17) is 0 Å². The first kappa shape index (κ1) is 18.2. The lowest BCUT2D eigenvalue weighted by atomic mass is 9.44. The molecule has 9 atom stereocenters. The Bertz CT molecular complexity index is 604. The number of aliphatic hydroxyl groups excluding tert-OH is 1. The van der Waals surface area contributed by atoms with E-state index in [2.05, 4.69) is 29.8 Å². The molecule has 25 heavy (non-hydrogen) atoms. The largest absolute Gasteiger partial charge is 0.393 e. The molecule has 3 unspecified atom stereocenters. The van der Waals surface area contributed by atoms with Gasteiger partial charge >= 0.3 is 0 Å². The quantitative estimate of drug-likeness (QED) is 0.660. The maximum atomic E-state index is 12.2. The van der Waals surface area contributed by atoms with Crippen molar-refractivity contribution in [3.63, 3.8) is 0 Å². The summed E-state index contributed by atoms with van der Waals surface area (Å²) in [7, 11) is 0. The van der Waals surface area contributed by atoms with Crippen molar-refractivity contribution in [3.8, 4) is 0 Å². The molecule has 4 aliphatic rings. The van der Waals surface area contributed by atoms with Crippen molar-refractivity contribution < 1.29 is 14.7 Å². The predicted molar refractivity (Wildman–Crippen MR) is 100 cm³/mol. The molecule has 1 N–H and O–H groups in total. The van der Waals surface area contributed by atoms with Crippen molar-refractivity contribution in [3.05, 3.63) is 0 Å². The zero-order chi connectivity index (χ0) is 18.1. The first-order valence-electron chi connectivity index (χ1n) is 10.1. The summed E-state index contributed by atoms with van der Waals surface area (Å²) in [6.45, 7) is 6.27. The molecule has 4 rings (SSSR count). The average Bonchev–Trinajstić information content (AvgIpc) is 2.92. The van der Waals surface area contributed by atoms with Crippen molar-refractivity contribution in [2.75, 3.05) is 0 Å². The van der Waals surface area contributed by atoms with Gasteiger partial charge in [0.05, 0.1) is 10.9 Å². The predicted octanol–water partition coefficient (Wildman–Crippen LogP) is 4.15. The first-order valence-corrected chi connectivity index (χ1v) is 11.0. The molecule has 0 spiro atoms. The number of carbonyl (C=O) groups is 2. The van der Waals surface area contributed by atoms with E-state index in [1.807, 2.05) is 0 Å². The minimum absolute atomic E-state index is 0.00815. The van der Waals surface area contributed by atoms with E-state index >= 15 is 0 Å². The highest BCUT2D eigenvalue weighted by molar-refractivity contribution is 9.10. The van der Waals surface area contributed by atoms with E-state index in [0.29, 0.717) is 35.9 Å². The monoisotopic (exact) mass is 410 g/mol. The Labute approximate surface area is 159 Å².